The van der Waals surface area contributed by atoms with Gasteiger partial charge in [0, 0.05) is 37.8 Å². The summed E-state index contributed by atoms with van der Waals surface area (Å²) in [6.07, 6.45) is 6.00. The van der Waals surface area contributed by atoms with Crippen molar-refractivity contribution in [3.05, 3.63) is 53.7 Å². The number of aliphatic hydroxyl groups is 1. The van der Waals surface area contributed by atoms with Gasteiger partial charge in [0.15, 0.2) is 5.78 Å². The van der Waals surface area contributed by atoms with Crippen molar-refractivity contribution in [1.82, 2.24) is 9.80 Å². The molecule has 2 aliphatic heterocycles. The van der Waals surface area contributed by atoms with Gasteiger partial charge in [0.05, 0.1) is 12.1 Å². The lowest BCUT2D eigenvalue weighted by Gasteiger charge is -2.25. The fraction of sp³-hybridized carbons (Fsp3) is 0.400. The van der Waals surface area contributed by atoms with Crippen LogP contribution < -0.4 is 0 Å². The first-order chi connectivity index (χ1) is 11.9. The molecule has 0 radical (unpaired) electrons. The molecule has 0 saturated carbocycles. The van der Waals surface area contributed by atoms with Crippen LogP contribution in [-0.4, -0.2) is 58.4 Å². The summed E-state index contributed by atoms with van der Waals surface area (Å²) in [5, 5.41) is 9.81. The minimum absolute atomic E-state index is 0.0869. The molecule has 0 aliphatic carbocycles. The van der Waals surface area contributed by atoms with Gasteiger partial charge in [-0.15, -0.1) is 0 Å². The number of hydrogen-bond acceptors (Lipinski definition) is 4. The highest BCUT2D eigenvalue weighted by molar-refractivity contribution is 5.98. The van der Waals surface area contributed by atoms with Crippen molar-refractivity contribution in [3.63, 3.8) is 0 Å². The third-order valence-electron chi connectivity index (χ3n) is 5.01. The van der Waals surface area contributed by atoms with Gasteiger partial charge in [0.2, 0.25) is 0 Å². The summed E-state index contributed by atoms with van der Waals surface area (Å²) in [7, 11) is 2.03. The fourth-order valence-electron chi connectivity index (χ4n) is 3.32. The highest BCUT2D eigenvalue weighted by Gasteiger charge is 2.37. The number of likely N-dealkylation sites (tertiary alicyclic amines) is 1. The first kappa shape index (κ1) is 17.4. The largest absolute Gasteiger partial charge is 0.391 e. The molecule has 1 aromatic rings. The molecule has 5 nitrogen and oxygen atoms in total. The summed E-state index contributed by atoms with van der Waals surface area (Å²) in [4.78, 5) is 28.1. The lowest BCUT2D eigenvalue weighted by Crippen LogP contribution is -2.39. The summed E-state index contributed by atoms with van der Waals surface area (Å²) in [5.74, 6) is -0.293. The van der Waals surface area contributed by atoms with Crippen LogP contribution in [0.3, 0.4) is 0 Å². The normalized spacial score (nSPS) is 25.9. The first-order valence-electron chi connectivity index (χ1n) is 8.58. The molecule has 25 heavy (non-hydrogen) atoms. The molecule has 1 aromatic carbocycles. The molecule has 3 unspecified atom stereocenters. The molecule has 0 aromatic heterocycles. The second-order valence-corrected chi connectivity index (χ2v) is 6.90. The predicted molar refractivity (Wildman–Crippen MR) is 96.9 cm³/mol. The number of hydrogen-bond donors (Lipinski definition) is 1. The maximum atomic E-state index is 12.7. The molecule has 3 rings (SSSR count). The van der Waals surface area contributed by atoms with E-state index >= 15 is 0 Å². The van der Waals surface area contributed by atoms with Crippen molar-refractivity contribution >= 4 is 17.3 Å². The molecule has 0 bridgehead atoms. The smallest absolute Gasteiger partial charge is 0.254 e. The summed E-state index contributed by atoms with van der Waals surface area (Å²) >= 11 is 0. The highest BCUT2D eigenvalue weighted by atomic mass is 16.3. The quantitative estimate of drug-likeness (QED) is 0.915. The van der Waals surface area contributed by atoms with Crippen LogP contribution in [0, 0.1) is 0 Å². The molecule has 132 valence electrons. The van der Waals surface area contributed by atoms with Crippen LogP contribution in [0.4, 0.5) is 0 Å². The Labute approximate surface area is 148 Å². The van der Waals surface area contributed by atoms with Crippen molar-refractivity contribution in [3.8, 4) is 0 Å². The maximum Gasteiger partial charge on any atom is 0.254 e. The van der Waals surface area contributed by atoms with E-state index in [-0.39, 0.29) is 18.2 Å². The van der Waals surface area contributed by atoms with Crippen molar-refractivity contribution < 1.29 is 14.7 Å². The fourth-order valence-corrected chi connectivity index (χ4v) is 3.32. The minimum atomic E-state index is -0.632. The van der Waals surface area contributed by atoms with Crippen LogP contribution in [0.5, 0.6) is 0 Å². The number of likely N-dealkylation sites (N-methyl/N-ethyl adjacent to an activating group) is 1. The van der Waals surface area contributed by atoms with E-state index in [0.29, 0.717) is 18.0 Å². The molecule has 0 spiro atoms. The Kier molecular flexibility index (Phi) is 4.77. The van der Waals surface area contributed by atoms with Crippen LogP contribution in [0.2, 0.25) is 0 Å². The standard InChI is InChI=1S/C20H24N2O3/c1-13-4-5-17(11-21(13)3)15-6-8-16(9-7-15)20(25)22-12-18(24)10-19(22)14(2)23/h4-9,11,13,18-19,24H,10,12H2,1-3H3. The monoisotopic (exact) mass is 340 g/mol. The molecule has 2 heterocycles. The predicted octanol–water partition coefficient (Wildman–Crippen LogP) is 2.08. The number of carbonyl (C=O) groups excluding carboxylic acids is 2. The second kappa shape index (κ2) is 6.84. The van der Waals surface area contributed by atoms with Gasteiger partial charge < -0.3 is 14.9 Å². The van der Waals surface area contributed by atoms with Gasteiger partial charge in [-0.05, 0) is 37.1 Å². The van der Waals surface area contributed by atoms with E-state index in [2.05, 4.69) is 30.2 Å². The number of allylic oxidation sites excluding steroid dienone is 2. The number of Topliss-reactive ketones (excluding diaryl/α,β-unsaturated/α-hetero) is 1. The Bertz CT molecular complexity index is 736. The number of aliphatic hydroxyl groups excluding tert-OH is 1. The number of benzene rings is 1. The van der Waals surface area contributed by atoms with E-state index in [0.717, 1.165) is 11.1 Å². The van der Waals surface area contributed by atoms with Crippen LogP contribution in [0.15, 0.2) is 42.6 Å². The Morgan fingerprint density at radius 2 is 1.88 bits per heavy atom. The SMILES string of the molecule is CC(=O)C1CC(O)CN1C(=O)c1ccc(C2=CN(C)C(C)C=C2)cc1. The van der Waals surface area contributed by atoms with E-state index < -0.39 is 12.1 Å². The molecule has 3 atom stereocenters. The molecule has 1 fully saturated rings. The van der Waals surface area contributed by atoms with E-state index in [1.54, 1.807) is 12.1 Å². The highest BCUT2D eigenvalue weighted by Crippen LogP contribution is 2.24. The van der Waals surface area contributed by atoms with E-state index in [4.69, 9.17) is 0 Å². The van der Waals surface area contributed by atoms with Gasteiger partial charge in [-0.1, -0.05) is 24.3 Å². The number of rotatable bonds is 3. The zero-order chi connectivity index (χ0) is 18.1. The van der Waals surface area contributed by atoms with E-state index in [1.807, 2.05) is 19.2 Å². The maximum absolute atomic E-state index is 12.7. The summed E-state index contributed by atoms with van der Waals surface area (Å²) < 4.78 is 0. The molecule has 1 N–H and O–H groups in total. The molecular weight excluding hydrogens is 316 g/mol. The summed E-state index contributed by atoms with van der Waals surface area (Å²) in [5.41, 5.74) is 2.67. The minimum Gasteiger partial charge on any atom is -0.391 e. The zero-order valence-corrected chi connectivity index (χ0v) is 14.8. The molecule has 2 aliphatic rings. The number of amides is 1. The second-order valence-electron chi connectivity index (χ2n) is 6.90. The van der Waals surface area contributed by atoms with Gasteiger partial charge in [-0.2, -0.15) is 0 Å². The van der Waals surface area contributed by atoms with Gasteiger partial charge in [-0.3, -0.25) is 9.59 Å². The topological polar surface area (TPSA) is 60.9 Å². The average molecular weight is 340 g/mol. The first-order valence-corrected chi connectivity index (χ1v) is 8.58. The van der Waals surface area contributed by atoms with E-state index in [1.165, 1.54) is 11.8 Å². The van der Waals surface area contributed by atoms with Crippen LogP contribution >= 0.6 is 0 Å². The Morgan fingerprint density at radius 3 is 2.48 bits per heavy atom. The van der Waals surface area contributed by atoms with Crippen LogP contribution in [0.25, 0.3) is 5.57 Å². The molecule has 1 saturated heterocycles. The van der Waals surface area contributed by atoms with Gasteiger partial charge in [-0.25, -0.2) is 0 Å². The molecule has 1 amide bonds. The van der Waals surface area contributed by atoms with E-state index in [9.17, 15) is 14.7 Å². The summed E-state index contributed by atoms with van der Waals surface area (Å²) in [6.45, 7) is 3.80. The Balaban J connectivity index is 1.79. The Morgan fingerprint density at radius 1 is 1.20 bits per heavy atom. The number of carbonyl (C=O) groups is 2. The molecular formula is C20H24N2O3. The Hall–Kier alpha value is -2.40. The van der Waals surface area contributed by atoms with Gasteiger partial charge in [0.25, 0.3) is 5.91 Å². The van der Waals surface area contributed by atoms with Gasteiger partial charge >= 0.3 is 0 Å². The number of β-amino-alcohol motifs (C(OH)–C–C–N with tert-alkyl or cyclic N) is 1. The number of nitrogens with zero attached hydrogens (tertiary/aromatic N) is 2. The van der Waals surface area contributed by atoms with Crippen molar-refractivity contribution in [2.75, 3.05) is 13.6 Å². The number of ketones is 1. The third-order valence-corrected chi connectivity index (χ3v) is 5.01. The lowest BCUT2D eigenvalue weighted by molar-refractivity contribution is -0.120. The molecule has 5 heteroatoms. The lowest BCUT2D eigenvalue weighted by atomic mass is 10.0. The zero-order valence-electron chi connectivity index (χ0n) is 14.8. The van der Waals surface area contributed by atoms with Crippen molar-refractivity contribution in [1.29, 1.82) is 0 Å². The van der Waals surface area contributed by atoms with Gasteiger partial charge in [0.1, 0.15) is 0 Å². The van der Waals surface area contributed by atoms with Crippen LogP contribution in [-0.2, 0) is 4.79 Å². The van der Waals surface area contributed by atoms with Crippen molar-refractivity contribution in [2.24, 2.45) is 0 Å². The average Bonchev–Trinajstić information content (AvgIpc) is 2.99. The van der Waals surface area contributed by atoms with Crippen LogP contribution in [0.1, 0.15) is 36.2 Å². The third kappa shape index (κ3) is 3.51. The van der Waals surface area contributed by atoms with Crippen molar-refractivity contribution in [2.45, 2.75) is 38.5 Å². The summed E-state index contributed by atoms with van der Waals surface area (Å²) in [6, 6.07) is 7.25.